The SMILES string of the molecule is Cc1ccc(OCC(=O)OCC(=O)N2CCC[C@H](C(N)=O)C2)cc1C. The molecular weight excluding hydrogens is 324 g/mol. The average molecular weight is 348 g/mol. The third-order valence-corrected chi connectivity index (χ3v) is 4.37. The molecule has 7 nitrogen and oxygen atoms in total. The Hall–Kier alpha value is -2.57. The lowest BCUT2D eigenvalue weighted by atomic mass is 9.97. The van der Waals surface area contributed by atoms with E-state index >= 15 is 0 Å². The van der Waals surface area contributed by atoms with Crippen LogP contribution in [0.5, 0.6) is 5.75 Å². The third-order valence-electron chi connectivity index (χ3n) is 4.37. The molecule has 0 aliphatic carbocycles. The van der Waals surface area contributed by atoms with Crippen LogP contribution in [0.2, 0.25) is 0 Å². The lowest BCUT2D eigenvalue weighted by molar-refractivity contribution is -0.154. The van der Waals surface area contributed by atoms with Gasteiger partial charge in [0, 0.05) is 13.1 Å². The normalized spacial score (nSPS) is 17.0. The van der Waals surface area contributed by atoms with Crippen molar-refractivity contribution in [1.29, 1.82) is 0 Å². The maximum absolute atomic E-state index is 12.1. The van der Waals surface area contributed by atoms with E-state index in [2.05, 4.69) is 0 Å². The molecule has 1 aliphatic rings. The summed E-state index contributed by atoms with van der Waals surface area (Å²) in [7, 11) is 0. The number of amides is 2. The van der Waals surface area contributed by atoms with Crippen LogP contribution in [0.3, 0.4) is 0 Å². The summed E-state index contributed by atoms with van der Waals surface area (Å²) in [6.07, 6.45) is 1.39. The number of nitrogens with two attached hydrogens (primary N) is 1. The van der Waals surface area contributed by atoms with Crippen molar-refractivity contribution in [2.45, 2.75) is 26.7 Å². The van der Waals surface area contributed by atoms with Crippen LogP contribution in [0.15, 0.2) is 18.2 Å². The number of carbonyl (C=O) groups excluding carboxylic acids is 3. The Morgan fingerprint density at radius 3 is 2.64 bits per heavy atom. The lowest BCUT2D eigenvalue weighted by Gasteiger charge is -2.31. The van der Waals surface area contributed by atoms with Crippen molar-refractivity contribution in [3.8, 4) is 5.75 Å². The largest absolute Gasteiger partial charge is 0.482 e. The van der Waals surface area contributed by atoms with Crippen molar-refractivity contribution in [2.75, 3.05) is 26.3 Å². The van der Waals surface area contributed by atoms with Gasteiger partial charge >= 0.3 is 5.97 Å². The van der Waals surface area contributed by atoms with Crippen molar-refractivity contribution in [3.63, 3.8) is 0 Å². The van der Waals surface area contributed by atoms with Crippen LogP contribution in [0.4, 0.5) is 0 Å². The number of rotatable bonds is 6. The molecule has 136 valence electrons. The topological polar surface area (TPSA) is 98.9 Å². The van der Waals surface area contributed by atoms with E-state index in [1.165, 1.54) is 4.90 Å². The summed E-state index contributed by atoms with van der Waals surface area (Å²) in [5.74, 6) is -1.11. The highest BCUT2D eigenvalue weighted by atomic mass is 16.6. The Labute approximate surface area is 147 Å². The van der Waals surface area contributed by atoms with E-state index < -0.39 is 11.9 Å². The first kappa shape index (κ1) is 18.8. The van der Waals surface area contributed by atoms with Gasteiger partial charge in [0.15, 0.2) is 13.2 Å². The minimum Gasteiger partial charge on any atom is -0.482 e. The molecule has 1 aromatic carbocycles. The monoisotopic (exact) mass is 348 g/mol. The minimum atomic E-state index is -0.616. The zero-order valence-corrected chi connectivity index (χ0v) is 14.6. The van der Waals surface area contributed by atoms with Gasteiger partial charge in [0.1, 0.15) is 5.75 Å². The molecular formula is C18H24N2O5. The van der Waals surface area contributed by atoms with Gasteiger partial charge in [0.2, 0.25) is 5.91 Å². The fraction of sp³-hybridized carbons (Fsp3) is 0.500. The van der Waals surface area contributed by atoms with Gasteiger partial charge < -0.3 is 20.1 Å². The first-order valence-corrected chi connectivity index (χ1v) is 8.29. The molecule has 1 aromatic rings. The molecule has 1 aliphatic heterocycles. The number of piperidine rings is 1. The van der Waals surface area contributed by atoms with Crippen molar-refractivity contribution in [3.05, 3.63) is 29.3 Å². The van der Waals surface area contributed by atoms with E-state index in [1.54, 1.807) is 6.07 Å². The molecule has 1 atom stereocenters. The molecule has 1 fully saturated rings. The van der Waals surface area contributed by atoms with Crippen LogP contribution < -0.4 is 10.5 Å². The second kappa shape index (κ2) is 8.50. The first-order chi connectivity index (χ1) is 11.9. The van der Waals surface area contributed by atoms with Crippen LogP contribution in [-0.2, 0) is 19.1 Å². The maximum atomic E-state index is 12.1. The number of likely N-dealkylation sites (tertiary alicyclic amines) is 1. The second-order valence-corrected chi connectivity index (χ2v) is 6.28. The molecule has 1 saturated heterocycles. The molecule has 0 aromatic heterocycles. The van der Waals surface area contributed by atoms with Crippen LogP contribution in [-0.4, -0.2) is 49.0 Å². The molecule has 2 rings (SSSR count). The second-order valence-electron chi connectivity index (χ2n) is 6.28. The van der Waals surface area contributed by atoms with Crippen LogP contribution in [0, 0.1) is 19.8 Å². The first-order valence-electron chi connectivity index (χ1n) is 8.29. The third kappa shape index (κ3) is 5.48. The number of carbonyl (C=O) groups is 3. The number of ether oxygens (including phenoxy) is 2. The fourth-order valence-electron chi connectivity index (χ4n) is 2.66. The Morgan fingerprint density at radius 1 is 1.20 bits per heavy atom. The maximum Gasteiger partial charge on any atom is 0.344 e. The highest BCUT2D eigenvalue weighted by molar-refractivity contribution is 5.82. The molecule has 25 heavy (non-hydrogen) atoms. The predicted octanol–water partition coefficient (Wildman–Crippen LogP) is 0.949. The Morgan fingerprint density at radius 2 is 1.96 bits per heavy atom. The van der Waals surface area contributed by atoms with Gasteiger partial charge in [-0.15, -0.1) is 0 Å². The zero-order valence-electron chi connectivity index (χ0n) is 14.6. The Kier molecular flexibility index (Phi) is 6.38. The quantitative estimate of drug-likeness (QED) is 0.772. The van der Waals surface area contributed by atoms with Crippen molar-refractivity contribution >= 4 is 17.8 Å². The molecule has 0 radical (unpaired) electrons. The molecule has 2 N–H and O–H groups in total. The molecule has 0 unspecified atom stereocenters. The molecule has 1 heterocycles. The number of hydrogen-bond acceptors (Lipinski definition) is 5. The molecule has 0 spiro atoms. The summed E-state index contributed by atoms with van der Waals surface area (Å²) in [5.41, 5.74) is 7.49. The van der Waals surface area contributed by atoms with Gasteiger partial charge in [-0.05, 0) is 49.9 Å². The smallest absolute Gasteiger partial charge is 0.344 e. The number of esters is 1. The van der Waals surface area contributed by atoms with E-state index in [-0.39, 0.29) is 31.6 Å². The summed E-state index contributed by atoms with van der Waals surface area (Å²) >= 11 is 0. The molecule has 7 heteroatoms. The number of benzene rings is 1. The summed E-state index contributed by atoms with van der Waals surface area (Å²) in [4.78, 5) is 36.6. The van der Waals surface area contributed by atoms with Gasteiger partial charge in [0.25, 0.3) is 5.91 Å². The summed E-state index contributed by atoms with van der Waals surface area (Å²) < 4.78 is 10.3. The van der Waals surface area contributed by atoms with Crippen molar-refractivity contribution < 1.29 is 23.9 Å². The molecule has 2 amide bonds. The predicted molar refractivity (Wildman–Crippen MR) is 90.9 cm³/mol. The van der Waals surface area contributed by atoms with Gasteiger partial charge in [-0.2, -0.15) is 0 Å². The summed E-state index contributed by atoms with van der Waals surface area (Å²) in [6.45, 7) is 4.14. The van der Waals surface area contributed by atoms with Gasteiger partial charge in [-0.25, -0.2) is 4.79 Å². The number of primary amides is 1. The van der Waals surface area contributed by atoms with Crippen LogP contribution in [0.1, 0.15) is 24.0 Å². The minimum absolute atomic E-state index is 0.264. The van der Waals surface area contributed by atoms with E-state index in [1.807, 2.05) is 26.0 Å². The van der Waals surface area contributed by atoms with E-state index in [4.69, 9.17) is 15.2 Å². The van der Waals surface area contributed by atoms with Gasteiger partial charge in [0.05, 0.1) is 5.92 Å². The standard InChI is InChI=1S/C18H24N2O5/c1-12-5-6-15(8-13(12)2)24-11-17(22)25-10-16(21)20-7-3-4-14(9-20)18(19)23/h5-6,8,14H,3-4,7,9-11H2,1-2H3,(H2,19,23)/t14-/m0/s1. The number of aryl methyl sites for hydroxylation is 2. The number of nitrogens with zero attached hydrogens (tertiary/aromatic N) is 1. The highest BCUT2D eigenvalue weighted by Gasteiger charge is 2.27. The number of hydrogen-bond donors (Lipinski definition) is 1. The summed E-state index contributed by atoms with van der Waals surface area (Å²) in [6, 6.07) is 5.52. The molecule has 0 saturated carbocycles. The van der Waals surface area contributed by atoms with Crippen LogP contribution in [0.25, 0.3) is 0 Å². The lowest BCUT2D eigenvalue weighted by Crippen LogP contribution is -2.45. The fourth-order valence-corrected chi connectivity index (χ4v) is 2.66. The molecule has 0 bridgehead atoms. The van der Waals surface area contributed by atoms with Gasteiger partial charge in [-0.1, -0.05) is 6.07 Å². The van der Waals surface area contributed by atoms with Crippen molar-refractivity contribution in [1.82, 2.24) is 4.90 Å². The van der Waals surface area contributed by atoms with E-state index in [9.17, 15) is 14.4 Å². The average Bonchev–Trinajstić information content (AvgIpc) is 2.60. The Balaban J connectivity index is 1.74. The highest BCUT2D eigenvalue weighted by Crippen LogP contribution is 2.17. The van der Waals surface area contributed by atoms with E-state index in [0.29, 0.717) is 25.1 Å². The van der Waals surface area contributed by atoms with Crippen molar-refractivity contribution in [2.24, 2.45) is 11.7 Å². The van der Waals surface area contributed by atoms with Gasteiger partial charge in [-0.3, -0.25) is 9.59 Å². The van der Waals surface area contributed by atoms with Crippen LogP contribution >= 0.6 is 0 Å². The van der Waals surface area contributed by atoms with E-state index in [0.717, 1.165) is 11.1 Å². The zero-order chi connectivity index (χ0) is 18.4. The Bertz CT molecular complexity index is 659. The summed E-state index contributed by atoms with van der Waals surface area (Å²) in [5, 5.41) is 0.